The lowest BCUT2D eigenvalue weighted by molar-refractivity contribution is -0.0316. The van der Waals surface area contributed by atoms with E-state index in [0.29, 0.717) is 19.2 Å². The van der Waals surface area contributed by atoms with Crippen LogP contribution in [-0.2, 0) is 20.8 Å². The molecule has 2 atom stereocenters. The highest BCUT2D eigenvalue weighted by molar-refractivity contribution is 5.70. The van der Waals surface area contributed by atoms with Crippen molar-refractivity contribution in [3.05, 3.63) is 35.9 Å². The summed E-state index contributed by atoms with van der Waals surface area (Å²) in [5, 5.41) is 6.33. The van der Waals surface area contributed by atoms with Crippen molar-refractivity contribution in [2.45, 2.75) is 95.7 Å². The number of carbonyl (C=O) groups is 2. The van der Waals surface area contributed by atoms with Crippen molar-refractivity contribution in [2.24, 2.45) is 0 Å². The summed E-state index contributed by atoms with van der Waals surface area (Å²) in [4.78, 5) is 27.3. The first-order chi connectivity index (χ1) is 16.2. The van der Waals surface area contributed by atoms with Crippen LogP contribution in [0.4, 0.5) is 9.59 Å². The van der Waals surface area contributed by atoms with Crippen molar-refractivity contribution >= 4 is 12.2 Å². The lowest BCUT2D eigenvalue weighted by Gasteiger charge is -2.41. The quantitative estimate of drug-likeness (QED) is 0.614. The van der Waals surface area contributed by atoms with Crippen LogP contribution in [0.15, 0.2) is 30.3 Å². The Bertz CT molecular complexity index is 774. The number of likely N-dealkylation sites (tertiary alicyclic amines) is 1. The molecule has 0 radical (unpaired) electrons. The van der Waals surface area contributed by atoms with Crippen LogP contribution in [0.25, 0.3) is 0 Å². The lowest BCUT2D eigenvalue weighted by Crippen LogP contribution is -2.59. The standard InChI is InChI=1S/C26H41N3O5/c1-26(2,3)34-24(30)28-22-11-8-16-29(25(31)33-17-19-9-6-5-7-10-19)23(22)18-32-21-14-12-20(27-4)13-15-21/h5-7,9-10,20-23,27H,8,11-18H2,1-4H3,(H,28,30). The van der Waals surface area contributed by atoms with Gasteiger partial charge in [-0.1, -0.05) is 30.3 Å². The van der Waals surface area contributed by atoms with Crippen LogP contribution >= 0.6 is 0 Å². The molecule has 1 aliphatic heterocycles. The zero-order valence-corrected chi connectivity index (χ0v) is 21.0. The minimum absolute atomic E-state index is 0.163. The van der Waals surface area contributed by atoms with E-state index >= 15 is 0 Å². The Morgan fingerprint density at radius 2 is 1.76 bits per heavy atom. The minimum atomic E-state index is -0.592. The van der Waals surface area contributed by atoms with E-state index in [-0.39, 0.29) is 30.9 Å². The van der Waals surface area contributed by atoms with E-state index < -0.39 is 11.7 Å². The number of nitrogens with one attached hydrogen (secondary N) is 2. The van der Waals surface area contributed by atoms with E-state index in [0.717, 1.165) is 44.1 Å². The van der Waals surface area contributed by atoms with Gasteiger partial charge in [-0.25, -0.2) is 9.59 Å². The van der Waals surface area contributed by atoms with Gasteiger partial charge in [-0.3, -0.25) is 0 Å². The first kappa shape index (κ1) is 26.3. The van der Waals surface area contributed by atoms with Crippen molar-refractivity contribution in [2.75, 3.05) is 20.2 Å². The van der Waals surface area contributed by atoms with E-state index in [1.54, 1.807) is 4.90 Å². The SMILES string of the molecule is CNC1CCC(OCC2C(NC(=O)OC(C)(C)C)CCCN2C(=O)OCc2ccccc2)CC1. The molecule has 2 amide bonds. The summed E-state index contributed by atoms with van der Waals surface area (Å²) in [5.41, 5.74) is 0.343. The highest BCUT2D eigenvalue weighted by atomic mass is 16.6. The number of rotatable bonds is 7. The molecular weight excluding hydrogens is 434 g/mol. The smallest absolute Gasteiger partial charge is 0.410 e. The maximum atomic E-state index is 13.1. The summed E-state index contributed by atoms with van der Waals surface area (Å²) in [6, 6.07) is 9.60. The van der Waals surface area contributed by atoms with E-state index in [2.05, 4.69) is 10.6 Å². The third-order valence-corrected chi connectivity index (χ3v) is 6.51. The van der Waals surface area contributed by atoms with Gasteiger partial charge in [0.2, 0.25) is 0 Å². The van der Waals surface area contributed by atoms with E-state index in [1.807, 2.05) is 58.2 Å². The number of benzene rings is 1. The normalized spacial score (nSPS) is 25.5. The van der Waals surface area contributed by atoms with Crippen LogP contribution in [0.1, 0.15) is 64.9 Å². The Balaban J connectivity index is 1.64. The third-order valence-electron chi connectivity index (χ3n) is 6.51. The average Bonchev–Trinajstić information content (AvgIpc) is 2.81. The molecule has 1 aromatic rings. The Morgan fingerprint density at radius 1 is 1.06 bits per heavy atom. The molecule has 2 unspecified atom stereocenters. The molecule has 1 saturated carbocycles. The molecule has 3 rings (SSSR count). The van der Waals surface area contributed by atoms with Crippen LogP contribution in [-0.4, -0.2) is 67.1 Å². The van der Waals surface area contributed by atoms with Gasteiger partial charge < -0.3 is 29.7 Å². The summed E-state index contributed by atoms with van der Waals surface area (Å²) >= 11 is 0. The Kier molecular flexibility index (Phi) is 9.59. The van der Waals surface area contributed by atoms with Gasteiger partial charge in [0.05, 0.1) is 24.8 Å². The molecule has 34 heavy (non-hydrogen) atoms. The van der Waals surface area contributed by atoms with Crippen LogP contribution in [0.5, 0.6) is 0 Å². The lowest BCUT2D eigenvalue weighted by atomic mass is 9.92. The second-order valence-electron chi connectivity index (χ2n) is 10.3. The molecule has 1 aromatic carbocycles. The summed E-state index contributed by atoms with van der Waals surface area (Å²) < 4.78 is 17.4. The van der Waals surface area contributed by atoms with Gasteiger partial charge in [0.25, 0.3) is 0 Å². The molecule has 1 saturated heterocycles. The van der Waals surface area contributed by atoms with Gasteiger partial charge in [0, 0.05) is 12.6 Å². The van der Waals surface area contributed by atoms with Crippen LogP contribution in [0, 0.1) is 0 Å². The van der Waals surface area contributed by atoms with Gasteiger partial charge in [-0.2, -0.15) is 0 Å². The van der Waals surface area contributed by atoms with Crippen molar-refractivity contribution in [1.82, 2.24) is 15.5 Å². The van der Waals surface area contributed by atoms with E-state index in [9.17, 15) is 9.59 Å². The van der Waals surface area contributed by atoms with Gasteiger partial charge in [0.15, 0.2) is 0 Å². The molecule has 2 aliphatic rings. The number of ether oxygens (including phenoxy) is 3. The number of piperidine rings is 1. The molecule has 0 bridgehead atoms. The molecule has 2 fully saturated rings. The highest BCUT2D eigenvalue weighted by Crippen LogP contribution is 2.25. The number of nitrogens with zero attached hydrogens (tertiary/aromatic N) is 1. The predicted molar refractivity (Wildman–Crippen MR) is 131 cm³/mol. The number of carbonyl (C=O) groups excluding carboxylic acids is 2. The second kappa shape index (κ2) is 12.4. The van der Waals surface area contributed by atoms with Crippen LogP contribution in [0.2, 0.25) is 0 Å². The Morgan fingerprint density at radius 3 is 2.41 bits per heavy atom. The number of amides is 2. The number of alkyl carbamates (subject to hydrolysis) is 1. The fraction of sp³-hybridized carbons (Fsp3) is 0.692. The zero-order valence-electron chi connectivity index (χ0n) is 21.0. The van der Waals surface area contributed by atoms with Gasteiger partial charge >= 0.3 is 12.2 Å². The summed E-state index contributed by atoms with van der Waals surface area (Å²) in [6.45, 7) is 6.65. The molecule has 8 nitrogen and oxygen atoms in total. The number of hydrogen-bond donors (Lipinski definition) is 2. The summed E-state index contributed by atoms with van der Waals surface area (Å²) in [5.74, 6) is 0. The maximum absolute atomic E-state index is 13.1. The molecule has 1 heterocycles. The average molecular weight is 476 g/mol. The fourth-order valence-electron chi connectivity index (χ4n) is 4.67. The molecule has 1 aliphatic carbocycles. The van der Waals surface area contributed by atoms with Crippen molar-refractivity contribution in [3.63, 3.8) is 0 Å². The molecule has 0 aromatic heterocycles. The largest absolute Gasteiger partial charge is 0.445 e. The van der Waals surface area contributed by atoms with Crippen molar-refractivity contribution < 1.29 is 23.8 Å². The monoisotopic (exact) mass is 475 g/mol. The Hall–Kier alpha value is -2.32. The van der Waals surface area contributed by atoms with E-state index in [4.69, 9.17) is 14.2 Å². The maximum Gasteiger partial charge on any atom is 0.410 e. The summed E-state index contributed by atoms with van der Waals surface area (Å²) in [6.07, 6.45) is 4.95. The van der Waals surface area contributed by atoms with Crippen molar-refractivity contribution in [3.8, 4) is 0 Å². The first-order valence-corrected chi connectivity index (χ1v) is 12.5. The molecule has 190 valence electrons. The van der Waals surface area contributed by atoms with E-state index in [1.165, 1.54) is 0 Å². The second-order valence-corrected chi connectivity index (χ2v) is 10.3. The van der Waals surface area contributed by atoms with Crippen LogP contribution in [0.3, 0.4) is 0 Å². The molecule has 8 heteroatoms. The van der Waals surface area contributed by atoms with Gasteiger partial charge in [-0.05, 0) is 71.9 Å². The Labute approximate surface area is 203 Å². The van der Waals surface area contributed by atoms with Gasteiger partial charge in [-0.15, -0.1) is 0 Å². The minimum Gasteiger partial charge on any atom is -0.445 e. The fourth-order valence-corrected chi connectivity index (χ4v) is 4.67. The first-order valence-electron chi connectivity index (χ1n) is 12.5. The van der Waals surface area contributed by atoms with Crippen molar-refractivity contribution in [1.29, 1.82) is 0 Å². The summed E-state index contributed by atoms with van der Waals surface area (Å²) in [7, 11) is 2.00. The van der Waals surface area contributed by atoms with Gasteiger partial charge in [0.1, 0.15) is 12.2 Å². The molecule has 0 spiro atoms. The predicted octanol–water partition coefficient (Wildman–Crippen LogP) is 4.23. The molecular formula is C26H41N3O5. The van der Waals surface area contributed by atoms with Crippen LogP contribution < -0.4 is 10.6 Å². The zero-order chi connectivity index (χ0) is 24.6. The topological polar surface area (TPSA) is 89.1 Å². The number of hydrogen-bond acceptors (Lipinski definition) is 6. The molecule has 2 N–H and O–H groups in total. The highest BCUT2D eigenvalue weighted by Gasteiger charge is 2.38. The third kappa shape index (κ3) is 8.17.